The molecule has 0 bridgehead atoms. The second-order valence-electron chi connectivity index (χ2n) is 9.47. The first-order valence-corrected chi connectivity index (χ1v) is 13.6. The summed E-state index contributed by atoms with van der Waals surface area (Å²) in [5.41, 5.74) is 5.08. The van der Waals surface area contributed by atoms with E-state index in [9.17, 15) is 10.2 Å². The molecule has 4 rings (SSSR count). The Kier molecular flexibility index (Phi) is 16.0. The summed E-state index contributed by atoms with van der Waals surface area (Å²) in [5.74, 6) is -1.76. The second kappa shape index (κ2) is 18.9. The molecule has 0 heterocycles. The van der Waals surface area contributed by atoms with E-state index in [2.05, 4.69) is 13.8 Å². The summed E-state index contributed by atoms with van der Waals surface area (Å²) in [5, 5.41) is 40.6. The number of hydrogen-bond donors (Lipinski definition) is 2. The largest absolute Gasteiger partial charge is 2.00 e. The molecule has 0 aliphatic rings. The predicted octanol–water partition coefficient (Wildman–Crippen LogP) is 5.17. The number of aliphatic carboxylic acids is 2. The van der Waals surface area contributed by atoms with Crippen molar-refractivity contribution in [3.05, 3.63) is 95.1 Å². The van der Waals surface area contributed by atoms with E-state index < -0.39 is 11.9 Å². The van der Waals surface area contributed by atoms with Gasteiger partial charge in [-0.3, -0.25) is 9.98 Å². The van der Waals surface area contributed by atoms with Crippen LogP contribution >= 0.6 is 0 Å². The van der Waals surface area contributed by atoms with E-state index in [1.807, 2.05) is 60.7 Å². The first kappa shape index (κ1) is 36.6. The Balaban J connectivity index is 0.000000917. The Hall–Kier alpha value is -4.47. The normalized spacial score (nSPS) is 10.4. The minimum atomic E-state index is -1.08. The van der Waals surface area contributed by atoms with Crippen molar-refractivity contribution in [3.8, 4) is 11.5 Å². The predicted molar refractivity (Wildman–Crippen MR) is 164 cm³/mol. The van der Waals surface area contributed by atoms with Gasteiger partial charge in [0.25, 0.3) is 0 Å². The molecule has 0 spiro atoms. The van der Waals surface area contributed by atoms with Gasteiger partial charge in [0.15, 0.2) is 0 Å². The SMILES string of the molecule is CC(=O)[O-].CC(=O)[O-].CCCc1ccc(O)c(C=Nc2cc3ccccc3cc2N=Cc2cc(CCC)ccc2O)c1.[Co+2]. The monoisotopic (exact) mass is 627 g/mol. The Morgan fingerprint density at radius 3 is 1.35 bits per heavy atom. The minimum absolute atomic E-state index is 0. The zero-order valence-corrected chi connectivity index (χ0v) is 25.7. The van der Waals surface area contributed by atoms with Gasteiger partial charge < -0.3 is 30.0 Å². The summed E-state index contributed by atoms with van der Waals surface area (Å²) in [6.07, 6.45) is 7.36. The fourth-order valence-corrected chi connectivity index (χ4v) is 4.00. The van der Waals surface area contributed by atoms with Gasteiger partial charge in [-0.1, -0.05) is 63.1 Å². The number of fused-ring (bicyclic) bond motifs is 1. The number of aliphatic imine (C=N–C) groups is 2. The molecule has 0 atom stereocenters. The van der Waals surface area contributed by atoms with E-state index in [1.54, 1.807) is 24.6 Å². The van der Waals surface area contributed by atoms with E-state index in [4.69, 9.17) is 29.8 Å². The van der Waals surface area contributed by atoms with Gasteiger partial charge in [-0.25, -0.2) is 0 Å². The minimum Gasteiger partial charge on any atom is -0.550 e. The Bertz CT molecular complexity index is 1440. The van der Waals surface area contributed by atoms with Gasteiger partial charge in [0.1, 0.15) is 11.5 Å². The fraction of sp³-hybridized carbons (Fsp3) is 0.235. The van der Waals surface area contributed by atoms with Gasteiger partial charge in [-0.2, -0.15) is 0 Å². The van der Waals surface area contributed by atoms with Gasteiger partial charge in [0.05, 0.1) is 11.4 Å². The quantitative estimate of drug-likeness (QED) is 0.258. The number of rotatable bonds is 8. The topological polar surface area (TPSA) is 145 Å². The smallest absolute Gasteiger partial charge is 0.550 e. The summed E-state index contributed by atoms with van der Waals surface area (Å²) in [7, 11) is 0. The van der Waals surface area contributed by atoms with E-state index >= 15 is 0 Å². The molecule has 43 heavy (non-hydrogen) atoms. The molecule has 0 aromatic heterocycles. The number of nitrogens with zero attached hydrogens (tertiary/aromatic N) is 2. The maximum atomic E-state index is 10.3. The molecule has 0 unspecified atom stereocenters. The van der Waals surface area contributed by atoms with Crippen LogP contribution in [0.1, 0.15) is 62.8 Å². The Morgan fingerprint density at radius 2 is 1.02 bits per heavy atom. The van der Waals surface area contributed by atoms with Crippen molar-refractivity contribution in [1.29, 1.82) is 0 Å². The molecule has 0 fully saturated rings. The van der Waals surface area contributed by atoms with Crippen LogP contribution in [-0.2, 0) is 39.2 Å². The molecule has 0 saturated heterocycles. The van der Waals surface area contributed by atoms with Crippen molar-refractivity contribution in [1.82, 2.24) is 0 Å². The van der Waals surface area contributed by atoms with Gasteiger partial charge in [-0.15, -0.1) is 0 Å². The first-order chi connectivity index (χ1) is 20.0. The summed E-state index contributed by atoms with van der Waals surface area (Å²) < 4.78 is 0. The van der Waals surface area contributed by atoms with Crippen molar-refractivity contribution < 1.29 is 46.8 Å². The van der Waals surface area contributed by atoms with E-state index in [-0.39, 0.29) is 28.3 Å². The van der Waals surface area contributed by atoms with Crippen molar-refractivity contribution in [2.75, 3.05) is 0 Å². The molecule has 0 amide bonds. The number of carboxylic acid groups (broad SMARTS) is 2. The number of carbonyl (C=O) groups excluding carboxylic acids is 2. The number of carbonyl (C=O) groups is 2. The average Bonchev–Trinajstić information content (AvgIpc) is 2.93. The van der Waals surface area contributed by atoms with Crippen LogP contribution in [0.2, 0.25) is 0 Å². The maximum absolute atomic E-state index is 10.3. The molecule has 4 aromatic rings. The molecule has 8 nitrogen and oxygen atoms in total. The van der Waals surface area contributed by atoms with Crippen LogP contribution in [0.5, 0.6) is 11.5 Å². The van der Waals surface area contributed by atoms with Crippen LogP contribution in [0.15, 0.2) is 82.8 Å². The third-order valence-electron chi connectivity index (χ3n) is 5.79. The number of phenols is 2. The third kappa shape index (κ3) is 12.9. The first-order valence-electron chi connectivity index (χ1n) is 13.6. The van der Waals surface area contributed by atoms with Crippen LogP contribution in [0.25, 0.3) is 10.8 Å². The number of hydrogen-bond acceptors (Lipinski definition) is 8. The molecule has 227 valence electrons. The van der Waals surface area contributed by atoms with Crippen LogP contribution in [0.4, 0.5) is 11.4 Å². The van der Waals surface area contributed by atoms with Gasteiger partial charge in [0.2, 0.25) is 0 Å². The summed E-state index contributed by atoms with van der Waals surface area (Å²) >= 11 is 0. The van der Waals surface area contributed by atoms with Gasteiger partial charge in [0, 0.05) is 35.5 Å². The molecule has 9 heteroatoms. The van der Waals surface area contributed by atoms with E-state index in [0.717, 1.165) is 50.3 Å². The zero-order chi connectivity index (χ0) is 31.1. The summed E-state index contributed by atoms with van der Waals surface area (Å²) in [4.78, 5) is 27.2. The van der Waals surface area contributed by atoms with E-state index in [1.165, 1.54) is 11.1 Å². The Morgan fingerprint density at radius 1 is 0.674 bits per heavy atom. The summed E-state index contributed by atoms with van der Waals surface area (Å²) in [6, 6.07) is 23.4. The van der Waals surface area contributed by atoms with Crippen LogP contribution in [0, 0.1) is 0 Å². The summed E-state index contributed by atoms with van der Waals surface area (Å²) in [6.45, 7) is 6.21. The second-order valence-corrected chi connectivity index (χ2v) is 9.47. The average molecular weight is 628 g/mol. The number of benzene rings is 4. The molecule has 0 aliphatic heterocycles. The van der Waals surface area contributed by atoms with Crippen LogP contribution < -0.4 is 10.2 Å². The zero-order valence-electron chi connectivity index (χ0n) is 24.7. The van der Waals surface area contributed by atoms with Crippen LogP contribution in [0.3, 0.4) is 0 Å². The van der Waals surface area contributed by atoms with Crippen LogP contribution in [-0.4, -0.2) is 34.6 Å². The van der Waals surface area contributed by atoms with Gasteiger partial charge in [-0.05, 0) is 85.0 Å². The number of phenolic OH excluding ortho intramolecular Hbond substituents is 2. The van der Waals surface area contributed by atoms with Crippen molar-refractivity contribution in [3.63, 3.8) is 0 Å². The number of aromatic hydroxyl groups is 2. The number of aryl methyl sites for hydroxylation is 2. The third-order valence-corrected chi connectivity index (χ3v) is 5.79. The Labute approximate surface area is 262 Å². The van der Waals surface area contributed by atoms with Crippen molar-refractivity contribution in [2.45, 2.75) is 53.4 Å². The molecular weight excluding hydrogens is 591 g/mol. The molecule has 2 N–H and O–H groups in total. The molecule has 0 aliphatic carbocycles. The molecule has 4 aromatic carbocycles. The maximum Gasteiger partial charge on any atom is 2.00 e. The van der Waals surface area contributed by atoms with Gasteiger partial charge >= 0.3 is 16.8 Å². The number of carboxylic acids is 2. The van der Waals surface area contributed by atoms with Crippen molar-refractivity contribution in [2.24, 2.45) is 9.98 Å². The fourth-order valence-electron chi connectivity index (χ4n) is 4.00. The van der Waals surface area contributed by atoms with E-state index in [0.29, 0.717) is 22.5 Å². The standard InChI is InChI=1S/C30H30N2O2.2C2H4O2.Co/c1-3-7-21-11-13-29(33)25(15-21)19-31-27-17-23-9-5-6-10-24(23)18-28(27)32-20-26-16-22(8-4-2)12-14-30(26)34;2*1-2(3)4;/h5-6,9-20,33-34H,3-4,7-8H2,1-2H3;2*1H3,(H,3,4);/q;;;+2/p-2. The van der Waals surface area contributed by atoms with Crippen molar-refractivity contribution >= 4 is 46.5 Å². The molecule has 0 saturated carbocycles. The molecular formula is C34H36CoN2O6. The molecule has 1 radical (unpaired) electrons.